The van der Waals surface area contributed by atoms with Gasteiger partial charge in [0, 0.05) is 6.04 Å². The van der Waals surface area contributed by atoms with Gasteiger partial charge in [0.25, 0.3) is 11.8 Å². The number of hydrazine groups is 1. The van der Waals surface area contributed by atoms with E-state index in [1.54, 1.807) is 0 Å². The predicted molar refractivity (Wildman–Crippen MR) is 69.5 cm³/mol. The van der Waals surface area contributed by atoms with Crippen molar-refractivity contribution < 1.29 is 24.2 Å². The highest BCUT2D eigenvalue weighted by Crippen LogP contribution is 2.32. The maximum Gasteiger partial charge on any atom is 0.409 e. The van der Waals surface area contributed by atoms with Gasteiger partial charge in [0.15, 0.2) is 0 Å². The van der Waals surface area contributed by atoms with Gasteiger partial charge in [-0.25, -0.2) is 10.4 Å². The number of rotatable bonds is 2. The summed E-state index contributed by atoms with van der Waals surface area (Å²) in [6, 6.07) is -2.32. The molecule has 9 heteroatoms. The molecule has 0 aromatic carbocycles. The first-order valence-electron chi connectivity index (χ1n) is 7.33. The number of alkyl halides is 3. The highest BCUT2D eigenvalue weighted by atomic mass is 19.4. The molecule has 2 atom stereocenters. The highest BCUT2D eigenvalue weighted by Gasteiger charge is 2.49. The number of nitrogens with one attached hydrogen (secondary N) is 2. The minimum atomic E-state index is -4.69. The Hall–Kier alpha value is -2.03. The minimum absolute atomic E-state index is 0.00836. The van der Waals surface area contributed by atoms with Gasteiger partial charge in [-0.2, -0.15) is 13.2 Å². The second-order valence-corrected chi connectivity index (χ2v) is 5.44. The van der Waals surface area contributed by atoms with E-state index in [2.05, 4.69) is 5.32 Å². The Kier molecular flexibility index (Phi) is 2.93. The van der Waals surface area contributed by atoms with Crippen molar-refractivity contribution in [3.63, 3.8) is 0 Å². The number of nitrogens with zero attached hydrogens (tertiary/aromatic N) is 2. The topological polar surface area (TPSA) is 64.7 Å². The van der Waals surface area contributed by atoms with Crippen molar-refractivity contribution in [2.24, 2.45) is 0 Å². The van der Waals surface area contributed by atoms with Crippen molar-refractivity contribution in [1.82, 2.24) is 20.6 Å². The number of carbonyl (C=O) groups excluding carboxylic acids is 2. The second kappa shape index (κ2) is 4.73. The Morgan fingerprint density at radius 3 is 2.73 bits per heavy atom. The largest absolute Gasteiger partial charge is 0.409 e. The van der Waals surface area contributed by atoms with Crippen molar-refractivity contribution >= 4 is 11.8 Å². The van der Waals surface area contributed by atoms with Crippen molar-refractivity contribution in [2.75, 3.05) is 6.54 Å². The molecule has 3 heterocycles. The van der Waals surface area contributed by atoms with E-state index in [9.17, 15) is 22.8 Å². The van der Waals surface area contributed by atoms with Gasteiger partial charge in [-0.3, -0.25) is 9.59 Å². The van der Waals surface area contributed by atoms with Gasteiger partial charge in [-0.05, 0) is 19.4 Å². The molecule has 3 aliphatic rings. The molecule has 2 amide bonds. The smallest absolute Gasteiger partial charge is 0.336 e. The van der Waals surface area contributed by atoms with E-state index in [1.165, 1.54) is 4.90 Å². The van der Waals surface area contributed by atoms with E-state index in [1.807, 2.05) is 13.8 Å². The van der Waals surface area contributed by atoms with Gasteiger partial charge in [0.05, 0.1) is 12.1 Å². The van der Waals surface area contributed by atoms with E-state index in [4.69, 9.17) is 1.41 Å². The van der Waals surface area contributed by atoms with E-state index >= 15 is 0 Å². The third-order valence-electron chi connectivity index (χ3n) is 4.05. The molecule has 0 spiro atoms. The van der Waals surface area contributed by atoms with Crippen LogP contribution in [0.3, 0.4) is 0 Å². The van der Waals surface area contributed by atoms with Gasteiger partial charge in [0.1, 0.15) is 19.0 Å². The van der Waals surface area contributed by atoms with Gasteiger partial charge in [-0.15, -0.1) is 0 Å². The number of halogens is 3. The first-order valence-corrected chi connectivity index (χ1v) is 6.89. The maximum absolute atomic E-state index is 12.9. The fraction of sp³-hybridized carbons (Fsp3) is 0.538. The Morgan fingerprint density at radius 1 is 1.45 bits per heavy atom. The molecule has 0 radical (unpaired) electrons. The summed E-state index contributed by atoms with van der Waals surface area (Å²) >= 11 is 0. The zero-order valence-corrected chi connectivity index (χ0v) is 11.9. The average Bonchev–Trinajstić information content (AvgIpc) is 2.98. The summed E-state index contributed by atoms with van der Waals surface area (Å²) in [5.41, 5.74) is 0.187. The summed E-state index contributed by atoms with van der Waals surface area (Å²) in [6.45, 7) is 3.76. The van der Waals surface area contributed by atoms with E-state index in [-0.39, 0.29) is 35.1 Å². The number of fused-ring (bicyclic) bond motifs is 1. The van der Waals surface area contributed by atoms with Crippen LogP contribution in [0.25, 0.3) is 0 Å². The standard InChI is InChI=1S/C13H15F3N4O2/c1-3-6(2)19-5-7-10(12(19)22)17-9-4-8(13(14,15)16)18-20(9)11(7)21/h4,6,8,17-18H,3,5H2,1-2H3/t6-,8?/m1/s1/i/hD. The molecule has 6 nitrogen and oxygen atoms in total. The lowest BCUT2D eigenvalue weighted by atomic mass is 10.2. The zero-order valence-electron chi connectivity index (χ0n) is 12.9. The van der Waals surface area contributed by atoms with E-state index in [0.717, 1.165) is 6.08 Å². The highest BCUT2D eigenvalue weighted by molar-refractivity contribution is 6.10. The summed E-state index contributed by atoms with van der Waals surface area (Å²) in [6.07, 6.45) is -3.27. The van der Waals surface area contributed by atoms with Gasteiger partial charge in [-0.1, -0.05) is 6.92 Å². The van der Waals surface area contributed by atoms with Crippen molar-refractivity contribution in [2.45, 2.75) is 38.5 Å². The number of amides is 2. The lowest BCUT2D eigenvalue weighted by molar-refractivity contribution is -0.154. The Balaban J connectivity index is 1.92. The predicted octanol–water partition coefficient (Wildman–Crippen LogP) is 0.604. The second-order valence-electron chi connectivity index (χ2n) is 5.44. The van der Waals surface area contributed by atoms with Gasteiger partial charge < -0.3 is 10.2 Å². The fourth-order valence-electron chi connectivity index (χ4n) is 2.59. The van der Waals surface area contributed by atoms with Crippen LogP contribution in [0, 0.1) is 0 Å². The molecule has 2 N–H and O–H groups in total. The molecule has 0 bridgehead atoms. The summed E-state index contributed by atoms with van der Waals surface area (Å²) in [5, 5.41) is 3.21. The van der Waals surface area contributed by atoms with E-state index < -0.39 is 24.0 Å². The molecular formula is C13H15F3N4O2. The Morgan fingerprint density at radius 2 is 2.14 bits per heavy atom. The fourth-order valence-corrected chi connectivity index (χ4v) is 2.59. The lowest BCUT2D eigenvalue weighted by Gasteiger charge is -2.27. The van der Waals surface area contributed by atoms with Crippen molar-refractivity contribution in [3.05, 3.63) is 23.2 Å². The quantitative estimate of drug-likeness (QED) is 0.783. The summed E-state index contributed by atoms with van der Waals surface area (Å²) < 4.78 is 46.3. The van der Waals surface area contributed by atoms with Crippen LogP contribution in [0.15, 0.2) is 23.2 Å². The number of hydrogen-bond donors (Lipinski definition) is 2. The van der Waals surface area contributed by atoms with Crippen LogP contribution in [-0.2, 0) is 9.59 Å². The molecule has 0 saturated carbocycles. The molecule has 0 aromatic rings. The van der Waals surface area contributed by atoms with Crippen LogP contribution in [-0.4, -0.2) is 46.5 Å². The Bertz CT molecular complexity index is 646. The van der Waals surface area contributed by atoms with Crippen LogP contribution in [0.1, 0.15) is 20.3 Å². The molecule has 0 saturated heterocycles. The third-order valence-corrected chi connectivity index (χ3v) is 4.05. The van der Waals surface area contributed by atoms with Crippen LogP contribution >= 0.6 is 0 Å². The van der Waals surface area contributed by atoms with Gasteiger partial charge >= 0.3 is 6.18 Å². The maximum atomic E-state index is 12.9. The zero-order chi connectivity index (χ0) is 17.1. The number of hydrogen-bond acceptors (Lipinski definition) is 4. The van der Waals surface area contributed by atoms with E-state index in [0.29, 0.717) is 11.4 Å². The molecule has 22 heavy (non-hydrogen) atoms. The Labute approximate surface area is 126 Å². The first-order chi connectivity index (χ1) is 10.7. The molecule has 0 aromatic heterocycles. The molecule has 3 rings (SSSR count). The first kappa shape index (κ1) is 13.6. The van der Waals surface area contributed by atoms with Crippen LogP contribution < -0.4 is 10.7 Å². The molecular weight excluding hydrogens is 301 g/mol. The number of carbonyl (C=O) groups is 2. The molecule has 0 aliphatic carbocycles. The normalized spacial score (nSPS) is 27.6. The molecule has 1 unspecified atom stereocenters. The molecule has 0 fully saturated rings. The summed E-state index contributed by atoms with van der Waals surface area (Å²) in [4.78, 5) is 26.3. The monoisotopic (exact) mass is 317 g/mol. The van der Waals surface area contributed by atoms with Crippen molar-refractivity contribution in [3.8, 4) is 0 Å². The average molecular weight is 317 g/mol. The molecule has 120 valence electrons. The lowest BCUT2D eigenvalue weighted by Crippen LogP contribution is -2.51. The molecule has 3 aliphatic heterocycles. The van der Waals surface area contributed by atoms with Crippen LogP contribution in [0.4, 0.5) is 13.2 Å². The third kappa shape index (κ3) is 2.07. The van der Waals surface area contributed by atoms with Crippen LogP contribution in [0.2, 0.25) is 1.41 Å². The SMILES string of the molecule is [2H]N1C(C(F)(F)F)C=C2NC3=C(CN([C@H](C)CC)C3=O)C(=O)N21. The summed E-state index contributed by atoms with van der Waals surface area (Å²) in [7, 11) is 0. The van der Waals surface area contributed by atoms with Crippen molar-refractivity contribution in [1.29, 1.82) is 0 Å². The van der Waals surface area contributed by atoms with Gasteiger partial charge in [0.2, 0.25) is 0 Å². The summed E-state index contributed by atoms with van der Waals surface area (Å²) in [5.74, 6) is -1.38. The van der Waals surface area contributed by atoms with Crippen LogP contribution in [0.5, 0.6) is 0 Å². The minimum Gasteiger partial charge on any atom is -0.336 e.